The van der Waals surface area contributed by atoms with Crippen molar-refractivity contribution in [1.29, 1.82) is 0 Å². The van der Waals surface area contributed by atoms with E-state index in [1.54, 1.807) is 0 Å². The Morgan fingerprint density at radius 2 is 0.683 bits per heavy atom. The van der Waals surface area contributed by atoms with Crippen LogP contribution < -0.4 is 4.74 Å². The van der Waals surface area contributed by atoms with Crippen LogP contribution in [0, 0.1) is 0 Å². The van der Waals surface area contributed by atoms with E-state index in [1.807, 2.05) is 30.3 Å². The van der Waals surface area contributed by atoms with Crippen molar-refractivity contribution in [2.75, 3.05) is 132 Å². The Labute approximate surface area is 243 Å². The topological polar surface area (TPSA) is 156 Å². The van der Waals surface area contributed by atoms with Crippen molar-refractivity contribution in [2.24, 2.45) is 0 Å². The first-order valence-corrected chi connectivity index (χ1v) is 14.9. The van der Waals surface area contributed by atoms with Gasteiger partial charge >= 0.3 is 10.4 Å². The van der Waals surface area contributed by atoms with Gasteiger partial charge in [-0.25, -0.2) is 4.18 Å². The summed E-state index contributed by atoms with van der Waals surface area (Å²) in [5.41, 5.74) is 0. The van der Waals surface area contributed by atoms with Gasteiger partial charge < -0.3 is 47.4 Å². The first kappa shape index (κ1) is 37.6. The molecule has 14 nitrogen and oxygen atoms in total. The lowest BCUT2D eigenvalue weighted by molar-refractivity contribution is -0.0257. The highest BCUT2D eigenvalue weighted by Crippen LogP contribution is 2.07. The Morgan fingerprint density at radius 1 is 0.415 bits per heavy atom. The lowest BCUT2D eigenvalue weighted by Gasteiger charge is -2.09. The van der Waals surface area contributed by atoms with Crippen LogP contribution in [0.5, 0.6) is 5.75 Å². The van der Waals surface area contributed by atoms with Crippen LogP contribution in [0.1, 0.15) is 0 Å². The van der Waals surface area contributed by atoms with Gasteiger partial charge in [-0.3, -0.25) is 4.55 Å². The van der Waals surface area contributed by atoms with Crippen LogP contribution in [0.2, 0.25) is 0 Å². The van der Waals surface area contributed by atoms with E-state index in [2.05, 4.69) is 4.18 Å². The van der Waals surface area contributed by atoms with E-state index in [1.165, 1.54) is 0 Å². The largest absolute Gasteiger partial charge is 0.491 e. The third-order valence-electron chi connectivity index (χ3n) is 4.68. The molecule has 0 aliphatic rings. The molecular weight excluding hydrogens is 568 g/mol. The van der Waals surface area contributed by atoms with Gasteiger partial charge in [-0.2, -0.15) is 8.42 Å². The predicted molar refractivity (Wildman–Crippen MR) is 147 cm³/mol. The number of ether oxygens (including phenoxy) is 10. The van der Waals surface area contributed by atoms with Gasteiger partial charge in [0.1, 0.15) is 12.4 Å². The summed E-state index contributed by atoms with van der Waals surface area (Å²) < 4.78 is 87.0. The average Bonchev–Trinajstić information content (AvgIpc) is 2.96. The van der Waals surface area contributed by atoms with Crippen LogP contribution in [0.25, 0.3) is 0 Å². The minimum Gasteiger partial charge on any atom is -0.491 e. The lowest BCUT2D eigenvalue weighted by atomic mass is 10.3. The molecule has 0 aliphatic heterocycles. The molecule has 240 valence electrons. The maximum absolute atomic E-state index is 10.3. The normalized spacial score (nSPS) is 11.7. The Bertz CT molecular complexity index is 769. The maximum Gasteiger partial charge on any atom is 0.397 e. The Balaban J connectivity index is 1.63. The van der Waals surface area contributed by atoms with Gasteiger partial charge in [-0.05, 0) is 12.1 Å². The molecule has 0 spiro atoms. The predicted octanol–water partition coefficient (Wildman–Crippen LogP) is 1.03. The molecule has 41 heavy (non-hydrogen) atoms. The van der Waals surface area contributed by atoms with Crippen LogP contribution in [0.15, 0.2) is 30.3 Å². The highest BCUT2D eigenvalue weighted by atomic mass is 32.3. The van der Waals surface area contributed by atoms with E-state index >= 15 is 0 Å². The number of hydrogen-bond acceptors (Lipinski definition) is 13. The molecule has 0 fully saturated rings. The summed E-state index contributed by atoms with van der Waals surface area (Å²) in [5, 5.41) is 0. The summed E-state index contributed by atoms with van der Waals surface area (Å²) in [6, 6.07) is 9.62. The zero-order valence-electron chi connectivity index (χ0n) is 23.7. The molecule has 0 amide bonds. The summed E-state index contributed by atoms with van der Waals surface area (Å²) in [6.45, 7) is 8.04. The molecule has 0 saturated heterocycles. The van der Waals surface area contributed by atoms with E-state index in [9.17, 15) is 8.42 Å². The second-order valence-corrected chi connectivity index (χ2v) is 9.01. The van der Waals surface area contributed by atoms with Crippen molar-refractivity contribution in [3.63, 3.8) is 0 Å². The fraction of sp³-hybridized carbons (Fsp3) is 0.769. The molecule has 1 rings (SSSR count). The molecule has 0 aliphatic carbocycles. The van der Waals surface area contributed by atoms with Gasteiger partial charge in [-0.15, -0.1) is 0 Å². The number of para-hydroxylation sites is 1. The second kappa shape index (κ2) is 28.6. The van der Waals surface area contributed by atoms with Crippen LogP contribution in [-0.4, -0.2) is 145 Å². The van der Waals surface area contributed by atoms with E-state index < -0.39 is 10.4 Å². The fourth-order valence-corrected chi connectivity index (χ4v) is 3.07. The zero-order chi connectivity index (χ0) is 29.5. The van der Waals surface area contributed by atoms with Crippen molar-refractivity contribution >= 4 is 10.4 Å². The first-order chi connectivity index (χ1) is 20.1. The van der Waals surface area contributed by atoms with Gasteiger partial charge in [0.2, 0.25) is 0 Å². The summed E-state index contributed by atoms with van der Waals surface area (Å²) >= 11 is 0. The van der Waals surface area contributed by atoms with Gasteiger partial charge in [0.25, 0.3) is 0 Å². The number of hydrogen-bond donors (Lipinski definition) is 1. The highest BCUT2D eigenvalue weighted by Gasteiger charge is 2.03. The third-order valence-corrected chi connectivity index (χ3v) is 5.14. The van der Waals surface area contributed by atoms with E-state index in [4.69, 9.17) is 51.9 Å². The summed E-state index contributed by atoms with van der Waals surface area (Å²) in [7, 11) is -4.42. The molecule has 0 heterocycles. The smallest absolute Gasteiger partial charge is 0.397 e. The van der Waals surface area contributed by atoms with Crippen molar-refractivity contribution in [3.8, 4) is 5.75 Å². The quantitative estimate of drug-likeness (QED) is 0.0907. The zero-order valence-corrected chi connectivity index (χ0v) is 24.5. The van der Waals surface area contributed by atoms with Crippen molar-refractivity contribution < 1.29 is 64.5 Å². The van der Waals surface area contributed by atoms with Crippen LogP contribution in [-0.2, 0) is 57.2 Å². The van der Waals surface area contributed by atoms with Gasteiger partial charge in [0, 0.05) is 0 Å². The average molecular weight is 615 g/mol. The van der Waals surface area contributed by atoms with Gasteiger partial charge in [0.05, 0.1) is 126 Å². The van der Waals surface area contributed by atoms with Gasteiger partial charge in [0.15, 0.2) is 0 Å². The minimum absolute atomic E-state index is 0.0326. The van der Waals surface area contributed by atoms with E-state index in [-0.39, 0.29) is 19.8 Å². The second-order valence-electron chi connectivity index (χ2n) is 7.92. The SMILES string of the molecule is O=S(=O)(O)OCCOCCOCCOCCOCCOCCOCCOCCOCCOCCOc1ccccc1. The summed E-state index contributed by atoms with van der Waals surface area (Å²) in [6.07, 6.45) is 0. The monoisotopic (exact) mass is 614 g/mol. The molecule has 0 unspecified atom stereocenters. The van der Waals surface area contributed by atoms with Crippen LogP contribution in [0.3, 0.4) is 0 Å². The summed E-state index contributed by atoms with van der Waals surface area (Å²) in [4.78, 5) is 0. The molecule has 0 saturated carbocycles. The van der Waals surface area contributed by atoms with E-state index in [0.29, 0.717) is 112 Å². The molecule has 0 aromatic heterocycles. The Kier molecular flexibility index (Phi) is 26.2. The first-order valence-electron chi connectivity index (χ1n) is 13.6. The molecule has 1 aromatic carbocycles. The van der Waals surface area contributed by atoms with Crippen molar-refractivity contribution in [3.05, 3.63) is 30.3 Å². The fourth-order valence-electron chi connectivity index (χ4n) is 2.79. The lowest BCUT2D eigenvalue weighted by Crippen LogP contribution is -2.15. The molecule has 0 radical (unpaired) electrons. The van der Waals surface area contributed by atoms with Crippen LogP contribution in [0.4, 0.5) is 0 Å². The standard InChI is InChI=1S/C26H46O14S/c27-41(28,29)40-25-23-38-21-19-36-17-15-34-13-11-32-9-7-30-6-8-31-10-12-33-14-16-35-18-20-37-22-24-39-26-4-2-1-3-5-26/h1-5H,6-25H2,(H,27,28,29). The van der Waals surface area contributed by atoms with Crippen molar-refractivity contribution in [2.45, 2.75) is 0 Å². The molecule has 1 aromatic rings. The molecular formula is C26H46O14S. The van der Waals surface area contributed by atoms with Crippen molar-refractivity contribution in [1.82, 2.24) is 0 Å². The van der Waals surface area contributed by atoms with Gasteiger partial charge in [-0.1, -0.05) is 18.2 Å². The molecule has 15 heteroatoms. The molecule has 0 atom stereocenters. The Morgan fingerprint density at radius 3 is 0.976 bits per heavy atom. The highest BCUT2D eigenvalue weighted by molar-refractivity contribution is 7.80. The van der Waals surface area contributed by atoms with Crippen LogP contribution >= 0.6 is 0 Å². The van der Waals surface area contributed by atoms with E-state index in [0.717, 1.165) is 5.75 Å². The third kappa shape index (κ3) is 29.8. The summed E-state index contributed by atoms with van der Waals surface area (Å²) in [5.74, 6) is 0.834. The number of benzene rings is 1. The molecule has 1 N–H and O–H groups in total. The maximum atomic E-state index is 10.3. The molecule has 0 bridgehead atoms. The Hall–Kier alpha value is -1.47. The minimum atomic E-state index is -4.42. The number of rotatable bonds is 32.